The minimum atomic E-state index is 0. The molecule has 2 aromatic rings. The highest BCUT2D eigenvalue weighted by Crippen LogP contribution is 2.10. The fraction of sp³-hybridized carbons (Fsp3) is 0.278. The van der Waals surface area contributed by atoms with Gasteiger partial charge in [0.1, 0.15) is 5.76 Å². The average molecular weight is 423 g/mol. The lowest BCUT2D eigenvalue weighted by atomic mass is 10.1. The predicted molar refractivity (Wildman–Crippen MR) is 105 cm³/mol. The van der Waals surface area contributed by atoms with Gasteiger partial charge < -0.3 is 15.1 Å². The summed E-state index contributed by atoms with van der Waals surface area (Å²) in [6.45, 7) is 3.16. The Morgan fingerprint density at radius 1 is 1.26 bits per heavy atom. The number of hydrogen-bond acceptors (Lipinski definition) is 2. The van der Waals surface area contributed by atoms with Crippen LogP contribution in [0.2, 0.25) is 0 Å². The van der Waals surface area contributed by atoms with Crippen molar-refractivity contribution in [1.29, 1.82) is 0 Å². The molecule has 0 saturated carbocycles. The lowest BCUT2D eigenvalue weighted by molar-refractivity contribution is 0.510. The fourth-order valence-corrected chi connectivity index (χ4v) is 2.05. The van der Waals surface area contributed by atoms with Crippen LogP contribution in [0.4, 0.5) is 0 Å². The van der Waals surface area contributed by atoms with E-state index in [1.165, 1.54) is 5.56 Å². The smallest absolute Gasteiger partial charge is 0.192 e. The zero-order valence-electron chi connectivity index (χ0n) is 13.2. The number of rotatable bonds is 6. The molecule has 4 nitrogen and oxygen atoms in total. The van der Waals surface area contributed by atoms with E-state index in [9.17, 15) is 0 Å². The highest BCUT2D eigenvalue weighted by Gasteiger charge is 2.07. The normalized spacial score (nSPS) is 11.9. The summed E-state index contributed by atoms with van der Waals surface area (Å²) in [6.07, 6.45) is 7.75. The first-order chi connectivity index (χ1) is 10.8. The van der Waals surface area contributed by atoms with Crippen molar-refractivity contribution in [1.82, 2.24) is 10.6 Å². The topological polar surface area (TPSA) is 49.6 Å². The van der Waals surface area contributed by atoms with Gasteiger partial charge in [-0.25, -0.2) is 0 Å². The van der Waals surface area contributed by atoms with Crippen molar-refractivity contribution >= 4 is 29.9 Å². The van der Waals surface area contributed by atoms with E-state index in [1.54, 1.807) is 6.26 Å². The largest absolute Gasteiger partial charge is 0.469 e. The van der Waals surface area contributed by atoms with Crippen LogP contribution in [0.3, 0.4) is 0 Å². The van der Waals surface area contributed by atoms with E-state index in [0.717, 1.165) is 12.2 Å². The number of nitrogens with one attached hydrogen (secondary N) is 2. The Balaban J connectivity index is 0.00000264. The molecule has 1 aromatic heterocycles. The van der Waals surface area contributed by atoms with Crippen molar-refractivity contribution in [2.45, 2.75) is 19.4 Å². The van der Waals surface area contributed by atoms with Gasteiger partial charge in [0.05, 0.1) is 18.8 Å². The summed E-state index contributed by atoms with van der Waals surface area (Å²) in [5, 5.41) is 6.48. The molecule has 0 aliphatic carbocycles. The summed E-state index contributed by atoms with van der Waals surface area (Å²) in [4.78, 5) is 4.54. The molecule has 23 heavy (non-hydrogen) atoms. The quantitative estimate of drug-likeness (QED) is 0.324. The van der Waals surface area contributed by atoms with Gasteiger partial charge >= 0.3 is 0 Å². The molecule has 122 valence electrons. The molecule has 1 atom stereocenters. The molecule has 1 aromatic carbocycles. The van der Waals surface area contributed by atoms with Crippen LogP contribution in [0.1, 0.15) is 24.3 Å². The van der Waals surface area contributed by atoms with E-state index >= 15 is 0 Å². The molecule has 0 aliphatic rings. The molecule has 0 fully saturated rings. The van der Waals surface area contributed by atoms with Crippen LogP contribution >= 0.6 is 24.0 Å². The van der Waals surface area contributed by atoms with E-state index < -0.39 is 0 Å². The Labute approximate surface area is 154 Å². The van der Waals surface area contributed by atoms with Crippen LogP contribution in [0.25, 0.3) is 0 Å². The summed E-state index contributed by atoms with van der Waals surface area (Å²) in [6, 6.07) is 14.2. The first-order valence-corrected chi connectivity index (χ1v) is 7.35. The molecule has 0 aliphatic heterocycles. The molecule has 0 bridgehead atoms. The van der Waals surface area contributed by atoms with Gasteiger partial charge in [0.2, 0.25) is 0 Å². The van der Waals surface area contributed by atoms with Crippen LogP contribution < -0.4 is 10.6 Å². The minimum Gasteiger partial charge on any atom is -0.469 e. The van der Waals surface area contributed by atoms with Crippen molar-refractivity contribution < 1.29 is 4.42 Å². The highest BCUT2D eigenvalue weighted by atomic mass is 127. The summed E-state index contributed by atoms with van der Waals surface area (Å²) >= 11 is 0. The first kappa shape index (κ1) is 19.1. The van der Waals surface area contributed by atoms with E-state index in [4.69, 9.17) is 10.8 Å². The molecule has 1 unspecified atom stereocenters. The van der Waals surface area contributed by atoms with Gasteiger partial charge in [0, 0.05) is 13.0 Å². The number of halogens is 1. The third-order valence-corrected chi connectivity index (χ3v) is 3.22. The van der Waals surface area contributed by atoms with Crippen molar-refractivity contribution in [3.05, 3.63) is 60.1 Å². The monoisotopic (exact) mass is 423 g/mol. The number of nitrogens with zero attached hydrogens (tertiary/aromatic N) is 1. The molecule has 2 N–H and O–H groups in total. The molecule has 0 saturated heterocycles. The Bertz CT molecular complexity index is 617. The highest BCUT2D eigenvalue weighted by molar-refractivity contribution is 14.0. The van der Waals surface area contributed by atoms with Gasteiger partial charge in [0.15, 0.2) is 5.96 Å². The van der Waals surface area contributed by atoms with Crippen LogP contribution in [0.15, 0.2) is 58.1 Å². The van der Waals surface area contributed by atoms with Crippen LogP contribution in [0.5, 0.6) is 0 Å². The van der Waals surface area contributed by atoms with E-state index in [2.05, 4.69) is 40.6 Å². The summed E-state index contributed by atoms with van der Waals surface area (Å²) in [7, 11) is 0. The van der Waals surface area contributed by atoms with Crippen molar-refractivity contribution in [2.24, 2.45) is 4.99 Å². The summed E-state index contributed by atoms with van der Waals surface area (Å²) in [5.41, 5.74) is 1.20. The van der Waals surface area contributed by atoms with Crippen molar-refractivity contribution in [2.75, 3.05) is 13.1 Å². The number of terminal acetylenes is 1. The second kappa shape index (κ2) is 10.7. The van der Waals surface area contributed by atoms with Crippen LogP contribution in [-0.4, -0.2) is 19.0 Å². The molecule has 0 radical (unpaired) electrons. The fourth-order valence-electron chi connectivity index (χ4n) is 2.05. The van der Waals surface area contributed by atoms with Gasteiger partial charge in [-0.15, -0.1) is 30.4 Å². The Kier molecular flexibility index (Phi) is 8.91. The first-order valence-electron chi connectivity index (χ1n) is 7.35. The number of benzene rings is 1. The molecular weight excluding hydrogens is 401 g/mol. The molecule has 5 heteroatoms. The summed E-state index contributed by atoms with van der Waals surface area (Å²) in [5.74, 6) is 4.20. The van der Waals surface area contributed by atoms with Crippen LogP contribution in [0, 0.1) is 12.3 Å². The molecule has 0 spiro atoms. The standard InChI is InChI=1S/C18H21N3O.HI/c1-3-12-19-18(20-13-11-17-10-7-14-22-17)21-15(2)16-8-5-4-6-9-16;/h1,4-10,14-15H,11-13H2,2H3,(H2,19,20,21);1H. The minimum absolute atomic E-state index is 0. The van der Waals surface area contributed by atoms with Gasteiger partial charge in [-0.3, -0.25) is 4.99 Å². The number of guanidine groups is 1. The van der Waals surface area contributed by atoms with Gasteiger partial charge in [-0.05, 0) is 24.6 Å². The van der Waals surface area contributed by atoms with Gasteiger partial charge in [-0.1, -0.05) is 36.3 Å². The van der Waals surface area contributed by atoms with Crippen LogP contribution in [-0.2, 0) is 6.42 Å². The molecule has 0 amide bonds. The average Bonchev–Trinajstić information content (AvgIpc) is 3.06. The third kappa shape index (κ3) is 6.78. The van der Waals surface area contributed by atoms with Gasteiger partial charge in [-0.2, -0.15) is 0 Å². The molecule has 1 heterocycles. The number of hydrogen-bond donors (Lipinski definition) is 2. The Morgan fingerprint density at radius 3 is 2.70 bits per heavy atom. The third-order valence-electron chi connectivity index (χ3n) is 3.22. The molecule has 2 rings (SSSR count). The van der Waals surface area contributed by atoms with E-state index in [0.29, 0.717) is 19.0 Å². The van der Waals surface area contributed by atoms with Gasteiger partial charge in [0.25, 0.3) is 0 Å². The lowest BCUT2D eigenvalue weighted by Gasteiger charge is -2.17. The maximum atomic E-state index is 5.31. The maximum absolute atomic E-state index is 5.31. The Morgan fingerprint density at radius 2 is 2.04 bits per heavy atom. The second-order valence-corrected chi connectivity index (χ2v) is 4.89. The zero-order chi connectivity index (χ0) is 15.6. The maximum Gasteiger partial charge on any atom is 0.192 e. The number of aliphatic imine (C=N–C) groups is 1. The SMILES string of the molecule is C#CCNC(=NCCc1ccco1)NC(C)c1ccccc1.I. The predicted octanol–water partition coefficient (Wildman–Crippen LogP) is 3.37. The second-order valence-electron chi connectivity index (χ2n) is 4.89. The Hall–Kier alpha value is -1.94. The van der Waals surface area contributed by atoms with Crippen molar-refractivity contribution in [3.63, 3.8) is 0 Å². The lowest BCUT2D eigenvalue weighted by Crippen LogP contribution is -2.39. The van der Waals surface area contributed by atoms with E-state index in [1.807, 2.05) is 30.3 Å². The van der Waals surface area contributed by atoms with E-state index in [-0.39, 0.29) is 30.0 Å². The van der Waals surface area contributed by atoms with Crippen molar-refractivity contribution in [3.8, 4) is 12.3 Å². The summed E-state index contributed by atoms with van der Waals surface area (Å²) < 4.78 is 5.30. The number of furan rings is 1. The zero-order valence-corrected chi connectivity index (χ0v) is 15.5. The molecular formula is C18H22IN3O.